The molecule has 3 N–H and O–H groups in total. The SMILES string of the molecule is CCCCCCNC(=O)NCC(O)C(C)(C)C. The van der Waals surface area contributed by atoms with E-state index in [-0.39, 0.29) is 11.4 Å². The first-order chi connectivity index (χ1) is 7.88. The summed E-state index contributed by atoms with van der Waals surface area (Å²) in [6.07, 6.45) is 4.06. The van der Waals surface area contributed by atoms with Gasteiger partial charge in [-0.15, -0.1) is 0 Å². The van der Waals surface area contributed by atoms with Crippen LogP contribution in [0.1, 0.15) is 53.4 Å². The molecule has 0 fully saturated rings. The number of urea groups is 1. The molecule has 0 aromatic rings. The van der Waals surface area contributed by atoms with Crippen molar-refractivity contribution in [3.63, 3.8) is 0 Å². The molecule has 0 bridgehead atoms. The van der Waals surface area contributed by atoms with Crippen LogP contribution >= 0.6 is 0 Å². The molecule has 0 spiro atoms. The van der Waals surface area contributed by atoms with Gasteiger partial charge in [0, 0.05) is 13.1 Å². The van der Waals surface area contributed by atoms with E-state index in [1.54, 1.807) is 0 Å². The molecule has 1 unspecified atom stereocenters. The van der Waals surface area contributed by atoms with Crippen molar-refractivity contribution >= 4 is 6.03 Å². The van der Waals surface area contributed by atoms with Crippen LogP contribution in [0.3, 0.4) is 0 Å². The van der Waals surface area contributed by atoms with E-state index in [9.17, 15) is 9.90 Å². The lowest BCUT2D eigenvalue weighted by Gasteiger charge is -2.25. The molecule has 0 rings (SSSR count). The molecule has 102 valence electrons. The van der Waals surface area contributed by atoms with Crippen molar-refractivity contribution in [2.24, 2.45) is 5.41 Å². The molecule has 0 heterocycles. The molecule has 2 amide bonds. The van der Waals surface area contributed by atoms with Gasteiger partial charge in [-0.3, -0.25) is 0 Å². The van der Waals surface area contributed by atoms with Crippen molar-refractivity contribution in [3.8, 4) is 0 Å². The summed E-state index contributed by atoms with van der Waals surface area (Å²) in [6.45, 7) is 9.00. The number of unbranched alkanes of at least 4 members (excludes halogenated alkanes) is 3. The standard InChI is InChI=1S/C13H28N2O2/c1-5-6-7-8-9-14-12(17)15-10-11(16)13(2,3)4/h11,16H,5-10H2,1-4H3,(H2,14,15,17). The normalized spacial score (nSPS) is 13.2. The van der Waals surface area contributed by atoms with E-state index in [1.165, 1.54) is 12.8 Å². The molecule has 0 aliphatic carbocycles. The Hall–Kier alpha value is -0.770. The van der Waals surface area contributed by atoms with Crippen molar-refractivity contribution in [2.45, 2.75) is 59.5 Å². The Balaban J connectivity index is 3.53. The molecule has 0 aromatic carbocycles. The maximum atomic E-state index is 11.4. The van der Waals surface area contributed by atoms with Gasteiger partial charge in [0.25, 0.3) is 0 Å². The van der Waals surface area contributed by atoms with E-state index in [0.29, 0.717) is 13.1 Å². The van der Waals surface area contributed by atoms with Gasteiger partial charge in [0.1, 0.15) is 0 Å². The van der Waals surface area contributed by atoms with Crippen LogP contribution in [0.5, 0.6) is 0 Å². The maximum absolute atomic E-state index is 11.4. The fourth-order valence-electron chi connectivity index (χ4n) is 1.31. The Bertz CT molecular complexity index is 212. The summed E-state index contributed by atoms with van der Waals surface area (Å²) in [7, 11) is 0. The average Bonchev–Trinajstić information content (AvgIpc) is 2.24. The second-order valence-electron chi connectivity index (χ2n) is 5.58. The Labute approximate surface area is 105 Å². The molecule has 0 aromatic heterocycles. The molecular formula is C13H28N2O2. The third-order valence-electron chi connectivity index (χ3n) is 2.77. The molecule has 0 aliphatic rings. The van der Waals surface area contributed by atoms with Crippen molar-refractivity contribution < 1.29 is 9.90 Å². The van der Waals surface area contributed by atoms with Crippen LogP contribution in [0.15, 0.2) is 0 Å². The Morgan fingerprint density at radius 2 is 1.82 bits per heavy atom. The highest BCUT2D eigenvalue weighted by Gasteiger charge is 2.22. The highest BCUT2D eigenvalue weighted by atomic mass is 16.3. The van der Waals surface area contributed by atoms with Crippen molar-refractivity contribution in [2.75, 3.05) is 13.1 Å². The molecule has 1 atom stereocenters. The zero-order valence-corrected chi connectivity index (χ0v) is 11.7. The third kappa shape index (κ3) is 8.98. The lowest BCUT2D eigenvalue weighted by molar-refractivity contribution is 0.0650. The van der Waals surface area contributed by atoms with Crippen LogP contribution in [-0.4, -0.2) is 30.3 Å². The van der Waals surface area contributed by atoms with Crippen LogP contribution in [-0.2, 0) is 0 Å². The second-order valence-corrected chi connectivity index (χ2v) is 5.58. The smallest absolute Gasteiger partial charge is 0.314 e. The average molecular weight is 244 g/mol. The van der Waals surface area contributed by atoms with Gasteiger partial charge in [0.05, 0.1) is 6.10 Å². The van der Waals surface area contributed by atoms with Crippen LogP contribution < -0.4 is 10.6 Å². The van der Waals surface area contributed by atoms with Gasteiger partial charge in [0.2, 0.25) is 0 Å². The van der Waals surface area contributed by atoms with Crippen molar-refractivity contribution in [1.29, 1.82) is 0 Å². The summed E-state index contributed by atoms with van der Waals surface area (Å²) in [5.74, 6) is 0. The first-order valence-corrected chi connectivity index (χ1v) is 6.57. The molecule has 17 heavy (non-hydrogen) atoms. The number of amides is 2. The number of hydrogen-bond donors (Lipinski definition) is 3. The third-order valence-corrected chi connectivity index (χ3v) is 2.77. The minimum absolute atomic E-state index is 0.190. The minimum atomic E-state index is -0.520. The number of rotatable bonds is 7. The predicted molar refractivity (Wildman–Crippen MR) is 71.0 cm³/mol. The van der Waals surface area contributed by atoms with E-state index in [0.717, 1.165) is 12.8 Å². The quantitative estimate of drug-likeness (QED) is 0.602. The van der Waals surface area contributed by atoms with Gasteiger partial charge in [-0.05, 0) is 11.8 Å². The molecule has 4 heteroatoms. The van der Waals surface area contributed by atoms with Crippen molar-refractivity contribution in [3.05, 3.63) is 0 Å². The van der Waals surface area contributed by atoms with Crippen LogP contribution in [0, 0.1) is 5.41 Å². The lowest BCUT2D eigenvalue weighted by Crippen LogP contribution is -2.43. The largest absolute Gasteiger partial charge is 0.391 e. The molecule has 0 saturated heterocycles. The number of aliphatic hydroxyl groups is 1. The number of nitrogens with one attached hydrogen (secondary N) is 2. The monoisotopic (exact) mass is 244 g/mol. The first-order valence-electron chi connectivity index (χ1n) is 6.57. The zero-order valence-electron chi connectivity index (χ0n) is 11.7. The number of aliphatic hydroxyl groups excluding tert-OH is 1. The van der Waals surface area contributed by atoms with E-state index < -0.39 is 6.10 Å². The highest BCUT2D eigenvalue weighted by Crippen LogP contribution is 2.17. The summed E-state index contributed by atoms with van der Waals surface area (Å²) in [5.41, 5.74) is -0.200. The van der Waals surface area contributed by atoms with Crippen LogP contribution in [0.2, 0.25) is 0 Å². The summed E-state index contributed by atoms with van der Waals surface area (Å²) >= 11 is 0. The number of carbonyl (C=O) groups excluding carboxylic acids is 1. The molecule has 0 aliphatic heterocycles. The van der Waals surface area contributed by atoms with Gasteiger partial charge < -0.3 is 15.7 Å². The molecule has 0 radical (unpaired) electrons. The fraction of sp³-hybridized carbons (Fsp3) is 0.923. The number of carbonyl (C=O) groups is 1. The van der Waals surface area contributed by atoms with Gasteiger partial charge in [-0.2, -0.15) is 0 Å². The topological polar surface area (TPSA) is 61.4 Å². The molecule has 0 saturated carbocycles. The van der Waals surface area contributed by atoms with E-state index in [2.05, 4.69) is 17.6 Å². The van der Waals surface area contributed by atoms with E-state index in [4.69, 9.17) is 0 Å². The van der Waals surface area contributed by atoms with E-state index >= 15 is 0 Å². The van der Waals surface area contributed by atoms with Gasteiger partial charge in [-0.25, -0.2) is 4.79 Å². The summed E-state index contributed by atoms with van der Waals surface area (Å²) < 4.78 is 0. The van der Waals surface area contributed by atoms with Gasteiger partial charge >= 0.3 is 6.03 Å². The van der Waals surface area contributed by atoms with Gasteiger partial charge in [-0.1, -0.05) is 47.0 Å². The first kappa shape index (κ1) is 16.2. The second kappa shape index (κ2) is 8.34. The predicted octanol–water partition coefficient (Wildman–Crippen LogP) is 2.27. The zero-order chi connectivity index (χ0) is 13.3. The Kier molecular flexibility index (Phi) is 7.96. The fourth-order valence-corrected chi connectivity index (χ4v) is 1.31. The summed E-state index contributed by atoms with van der Waals surface area (Å²) in [4.78, 5) is 11.4. The van der Waals surface area contributed by atoms with Crippen LogP contribution in [0.4, 0.5) is 4.79 Å². The van der Waals surface area contributed by atoms with Gasteiger partial charge in [0.15, 0.2) is 0 Å². The number of hydrogen-bond acceptors (Lipinski definition) is 2. The van der Waals surface area contributed by atoms with Crippen molar-refractivity contribution in [1.82, 2.24) is 10.6 Å². The minimum Gasteiger partial charge on any atom is -0.391 e. The Morgan fingerprint density at radius 1 is 1.18 bits per heavy atom. The van der Waals surface area contributed by atoms with Crippen LogP contribution in [0.25, 0.3) is 0 Å². The lowest BCUT2D eigenvalue weighted by atomic mass is 9.89. The maximum Gasteiger partial charge on any atom is 0.314 e. The molecule has 4 nitrogen and oxygen atoms in total. The summed E-state index contributed by atoms with van der Waals surface area (Å²) in [5, 5.41) is 15.2. The van der Waals surface area contributed by atoms with E-state index in [1.807, 2.05) is 20.8 Å². The molecular weight excluding hydrogens is 216 g/mol. The summed E-state index contributed by atoms with van der Waals surface area (Å²) in [6, 6.07) is -0.190. The Morgan fingerprint density at radius 3 is 2.35 bits per heavy atom. The highest BCUT2D eigenvalue weighted by molar-refractivity contribution is 5.73.